The lowest BCUT2D eigenvalue weighted by Crippen LogP contribution is -2.14. The van der Waals surface area contributed by atoms with Gasteiger partial charge in [0.05, 0.1) is 11.3 Å². The molecule has 0 aliphatic heterocycles. The molecule has 8 heteroatoms. The highest BCUT2D eigenvalue weighted by atomic mass is 16.5. The van der Waals surface area contributed by atoms with E-state index >= 15 is 0 Å². The van der Waals surface area contributed by atoms with E-state index in [1.807, 2.05) is 37.3 Å². The molecule has 3 aromatic heterocycles. The minimum Gasteiger partial charge on any atom is -0.457 e. The van der Waals surface area contributed by atoms with Crippen LogP contribution in [0.4, 0.5) is 0 Å². The highest BCUT2D eigenvalue weighted by molar-refractivity contribution is 6.07. The number of rotatable bonds is 4. The normalized spacial score (nSPS) is 11.4. The highest BCUT2D eigenvalue weighted by Crippen LogP contribution is 2.28. The monoisotopic (exact) mass is 400 g/mol. The molecule has 0 aliphatic carbocycles. The molecule has 0 spiro atoms. The first-order chi connectivity index (χ1) is 14.7. The summed E-state index contributed by atoms with van der Waals surface area (Å²) in [5, 5.41) is 6.79. The zero-order chi connectivity index (χ0) is 20.7. The first-order valence-corrected chi connectivity index (χ1v) is 9.45. The number of aromatic nitrogens is 4. The maximum Gasteiger partial charge on any atom is 0.341 e. The molecule has 3 heterocycles. The maximum atomic E-state index is 12.8. The lowest BCUT2D eigenvalue weighted by Gasteiger charge is -2.11. The Hall–Kier alpha value is -4.07. The van der Waals surface area contributed by atoms with Gasteiger partial charge in [0.25, 0.3) is 5.78 Å². The molecule has 0 saturated heterocycles. The van der Waals surface area contributed by atoms with Crippen molar-refractivity contribution in [3.05, 3.63) is 82.2 Å². The molecule has 5 rings (SSSR count). The standard InChI is InChI=1S/C22H16N4O4/c1-2-17-16(10-23-22-24-12-25-26(17)22)21(28)29-11-14-9-19(27)30-18-8-7-13-5-3-4-6-15(13)20(14)18/h3-10,12H,2,11H2,1H3. The quantitative estimate of drug-likeness (QED) is 0.259. The minimum absolute atomic E-state index is 0.0759. The van der Waals surface area contributed by atoms with Crippen LogP contribution in [0.25, 0.3) is 27.5 Å². The van der Waals surface area contributed by atoms with Gasteiger partial charge in [-0.15, -0.1) is 0 Å². The van der Waals surface area contributed by atoms with E-state index in [4.69, 9.17) is 9.15 Å². The van der Waals surface area contributed by atoms with Gasteiger partial charge in [-0.2, -0.15) is 10.1 Å². The molecule has 0 atom stereocenters. The Bertz CT molecular complexity index is 1490. The Morgan fingerprint density at radius 3 is 2.90 bits per heavy atom. The van der Waals surface area contributed by atoms with E-state index in [2.05, 4.69) is 15.1 Å². The molecule has 5 aromatic rings. The summed E-state index contributed by atoms with van der Waals surface area (Å²) in [5.74, 6) is -0.125. The molecule has 0 amide bonds. The van der Waals surface area contributed by atoms with Gasteiger partial charge in [0, 0.05) is 23.2 Å². The highest BCUT2D eigenvalue weighted by Gasteiger charge is 2.18. The average molecular weight is 400 g/mol. The molecule has 148 valence electrons. The summed E-state index contributed by atoms with van der Waals surface area (Å²) < 4.78 is 12.5. The van der Waals surface area contributed by atoms with Crippen LogP contribution in [0, 0.1) is 0 Å². The Balaban J connectivity index is 1.55. The number of fused-ring (bicyclic) bond motifs is 4. The second kappa shape index (κ2) is 7.07. The fourth-order valence-corrected chi connectivity index (χ4v) is 3.69. The predicted molar refractivity (Wildman–Crippen MR) is 109 cm³/mol. The third-order valence-corrected chi connectivity index (χ3v) is 5.03. The summed E-state index contributed by atoms with van der Waals surface area (Å²) in [6, 6.07) is 12.8. The number of nitrogens with zero attached hydrogens (tertiary/aromatic N) is 4. The molecular weight excluding hydrogens is 384 g/mol. The van der Waals surface area contributed by atoms with Gasteiger partial charge in [-0.05, 0) is 23.3 Å². The van der Waals surface area contributed by atoms with Crippen LogP contribution in [-0.2, 0) is 17.8 Å². The fraction of sp³-hybridized carbons (Fsp3) is 0.136. The van der Waals surface area contributed by atoms with Gasteiger partial charge in [-0.1, -0.05) is 37.3 Å². The lowest BCUT2D eigenvalue weighted by atomic mass is 10.0. The molecule has 0 aliphatic rings. The second-order valence-corrected chi connectivity index (χ2v) is 6.77. The van der Waals surface area contributed by atoms with E-state index in [0.29, 0.717) is 34.6 Å². The second-order valence-electron chi connectivity index (χ2n) is 6.77. The van der Waals surface area contributed by atoms with E-state index in [-0.39, 0.29) is 6.61 Å². The average Bonchev–Trinajstić information content (AvgIpc) is 3.25. The summed E-state index contributed by atoms with van der Waals surface area (Å²) in [4.78, 5) is 33.1. The van der Waals surface area contributed by atoms with Gasteiger partial charge in [0.15, 0.2) is 0 Å². The SMILES string of the molecule is CCc1c(C(=O)OCc2cc(=O)oc3ccc4ccccc4c23)cnc2ncnn12. The molecule has 0 N–H and O–H groups in total. The Kier molecular flexibility index (Phi) is 4.24. The third kappa shape index (κ3) is 2.89. The molecule has 8 nitrogen and oxygen atoms in total. The van der Waals surface area contributed by atoms with Crippen LogP contribution in [0.2, 0.25) is 0 Å². The Morgan fingerprint density at radius 2 is 2.03 bits per heavy atom. The number of carbonyl (C=O) groups is 1. The zero-order valence-electron chi connectivity index (χ0n) is 16.0. The summed E-state index contributed by atoms with van der Waals surface area (Å²) in [6.45, 7) is 1.84. The van der Waals surface area contributed by atoms with Crippen molar-refractivity contribution in [2.45, 2.75) is 20.0 Å². The van der Waals surface area contributed by atoms with Crippen LogP contribution >= 0.6 is 0 Å². The van der Waals surface area contributed by atoms with Crippen molar-refractivity contribution < 1.29 is 13.9 Å². The lowest BCUT2D eigenvalue weighted by molar-refractivity contribution is 0.0471. The van der Waals surface area contributed by atoms with Gasteiger partial charge in [0.2, 0.25) is 0 Å². The minimum atomic E-state index is -0.543. The Morgan fingerprint density at radius 1 is 1.17 bits per heavy atom. The van der Waals surface area contributed by atoms with E-state index in [9.17, 15) is 9.59 Å². The van der Waals surface area contributed by atoms with Crippen molar-refractivity contribution in [1.29, 1.82) is 0 Å². The number of esters is 1. The molecular formula is C22H16N4O4. The van der Waals surface area contributed by atoms with E-state index in [1.54, 1.807) is 6.07 Å². The molecule has 0 saturated carbocycles. The first kappa shape index (κ1) is 18.0. The molecule has 0 fully saturated rings. The van der Waals surface area contributed by atoms with E-state index in [0.717, 1.165) is 16.2 Å². The van der Waals surface area contributed by atoms with Crippen LogP contribution < -0.4 is 5.63 Å². The van der Waals surface area contributed by atoms with Crippen molar-refractivity contribution >= 4 is 33.5 Å². The van der Waals surface area contributed by atoms with Crippen molar-refractivity contribution in [2.75, 3.05) is 0 Å². The predicted octanol–water partition coefficient (Wildman–Crippen LogP) is 3.30. The third-order valence-electron chi connectivity index (χ3n) is 5.03. The smallest absolute Gasteiger partial charge is 0.341 e. The summed E-state index contributed by atoms with van der Waals surface area (Å²) in [7, 11) is 0. The number of hydrogen-bond donors (Lipinski definition) is 0. The van der Waals surface area contributed by atoms with Crippen molar-refractivity contribution in [3.63, 3.8) is 0 Å². The van der Waals surface area contributed by atoms with Crippen LogP contribution in [0.3, 0.4) is 0 Å². The van der Waals surface area contributed by atoms with E-state index in [1.165, 1.54) is 23.1 Å². The summed E-state index contributed by atoms with van der Waals surface area (Å²) >= 11 is 0. The van der Waals surface area contributed by atoms with Gasteiger partial charge in [-0.25, -0.2) is 19.1 Å². The van der Waals surface area contributed by atoms with Crippen LogP contribution in [0.15, 0.2) is 64.2 Å². The van der Waals surface area contributed by atoms with E-state index < -0.39 is 11.6 Å². The van der Waals surface area contributed by atoms with Crippen molar-refractivity contribution in [3.8, 4) is 0 Å². The van der Waals surface area contributed by atoms with Gasteiger partial charge in [0.1, 0.15) is 18.5 Å². The molecule has 30 heavy (non-hydrogen) atoms. The van der Waals surface area contributed by atoms with Gasteiger partial charge < -0.3 is 9.15 Å². The number of aryl methyl sites for hydroxylation is 1. The van der Waals surface area contributed by atoms with Gasteiger partial charge >= 0.3 is 11.6 Å². The topological polar surface area (TPSA) is 99.6 Å². The first-order valence-electron chi connectivity index (χ1n) is 9.45. The van der Waals surface area contributed by atoms with Crippen LogP contribution in [-0.4, -0.2) is 25.6 Å². The number of carbonyl (C=O) groups excluding carboxylic acids is 1. The number of hydrogen-bond acceptors (Lipinski definition) is 7. The van der Waals surface area contributed by atoms with Crippen LogP contribution in [0.1, 0.15) is 28.5 Å². The van der Waals surface area contributed by atoms with Crippen LogP contribution in [0.5, 0.6) is 0 Å². The van der Waals surface area contributed by atoms with Gasteiger partial charge in [-0.3, -0.25) is 0 Å². The molecule has 0 bridgehead atoms. The molecule has 0 radical (unpaired) electrons. The number of benzene rings is 2. The van der Waals surface area contributed by atoms with Crippen molar-refractivity contribution in [1.82, 2.24) is 19.6 Å². The summed E-state index contributed by atoms with van der Waals surface area (Å²) in [5.41, 5.74) is 1.51. The zero-order valence-corrected chi connectivity index (χ0v) is 16.0. The van der Waals surface area contributed by atoms with Crippen molar-refractivity contribution in [2.24, 2.45) is 0 Å². The Labute approximate surface area is 169 Å². The number of ether oxygens (including phenoxy) is 1. The molecule has 2 aromatic carbocycles. The fourth-order valence-electron chi connectivity index (χ4n) is 3.69. The molecule has 0 unspecified atom stereocenters. The largest absolute Gasteiger partial charge is 0.457 e. The summed E-state index contributed by atoms with van der Waals surface area (Å²) in [6.07, 6.45) is 3.38. The maximum absolute atomic E-state index is 12.8.